The number of ether oxygens (including phenoxy) is 1. The number of nitrogens with zero attached hydrogens (tertiary/aromatic N) is 1. The van der Waals surface area contributed by atoms with Gasteiger partial charge in [-0.25, -0.2) is 0 Å². The van der Waals surface area contributed by atoms with Crippen LogP contribution in [0, 0.1) is 0 Å². The summed E-state index contributed by atoms with van der Waals surface area (Å²) in [5, 5.41) is 0. The molecule has 17 heavy (non-hydrogen) atoms. The largest absolute Gasteiger partial charge is 0.496 e. The van der Waals surface area contributed by atoms with Crippen molar-refractivity contribution in [2.45, 2.75) is 38.9 Å². The number of hydrogen-bond donors (Lipinski definition) is 1. The lowest BCUT2D eigenvalue weighted by Gasteiger charge is -2.29. The van der Waals surface area contributed by atoms with Gasteiger partial charge in [0.25, 0.3) is 0 Å². The highest BCUT2D eigenvalue weighted by atomic mass is 16.5. The van der Waals surface area contributed by atoms with Gasteiger partial charge >= 0.3 is 0 Å². The Morgan fingerprint density at radius 3 is 2.59 bits per heavy atom. The number of hydrogen-bond acceptors (Lipinski definition) is 3. The minimum atomic E-state index is 0.217. The average molecular weight is 236 g/mol. The van der Waals surface area contributed by atoms with E-state index in [1.165, 1.54) is 5.56 Å². The van der Waals surface area contributed by atoms with Crippen LogP contribution in [0.5, 0.6) is 5.75 Å². The first-order valence-corrected chi connectivity index (χ1v) is 6.17. The van der Waals surface area contributed by atoms with Crippen LogP contribution in [0.1, 0.15) is 25.8 Å². The molecule has 0 aliphatic heterocycles. The van der Waals surface area contributed by atoms with Gasteiger partial charge in [-0.3, -0.25) is 4.90 Å². The number of nitrogens with two attached hydrogens (primary N) is 1. The summed E-state index contributed by atoms with van der Waals surface area (Å²) >= 11 is 0. The Hall–Kier alpha value is -1.06. The smallest absolute Gasteiger partial charge is 0.123 e. The zero-order valence-corrected chi connectivity index (χ0v) is 11.3. The minimum absolute atomic E-state index is 0.217. The van der Waals surface area contributed by atoms with E-state index in [2.05, 4.69) is 31.9 Å². The van der Waals surface area contributed by atoms with E-state index in [1.807, 2.05) is 18.2 Å². The summed E-state index contributed by atoms with van der Waals surface area (Å²) in [6.45, 7) is 5.15. The van der Waals surface area contributed by atoms with E-state index in [1.54, 1.807) is 7.11 Å². The standard InChI is InChI=1S/C14H24N2O/c1-5-13(15)11(2)16(3)10-12-8-6-7-9-14(12)17-4/h6-9,11,13H,5,10,15H2,1-4H3. The molecule has 1 rings (SSSR count). The second-order valence-corrected chi connectivity index (χ2v) is 4.54. The molecule has 3 heteroatoms. The first-order chi connectivity index (χ1) is 8.10. The highest BCUT2D eigenvalue weighted by Gasteiger charge is 2.16. The summed E-state index contributed by atoms with van der Waals surface area (Å²) in [6.07, 6.45) is 0.997. The number of methoxy groups -OCH3 is 1. The van der Waals surface area contributed by atoms with E-state index < -0.39 is 0 Å². The Morgan fingerprint density at radius 1 is 1.35 bits per heavy atom. The summed E-state index contributed by atoms with van der Waals surface area (Å²) in [5.74, 6) is 0.941. The molecule has 0 radical (unpaired) electrons. The molecule has 0 bridgehead atoms. The number of rotatable bonds is 6. The van der Waals surface area contributed by atoms with Crippen LogP contribution in [-0.2, 0) is 6.54 Å². The van der Waals surface area contributed by atoms with Crippen molar-refractivity contribution in [1.29, 1.82) is 0 Å². The van der Waals surface area contributed by atoms with Crippen LogP contribution in [0.25, 0.3) is 0 Å². The molecular formula is C14H24N2O. The van der Waals surface area contributed by atoms with Gasteiger partial charge in [0, 0.05) is 24.2 Å². The zero-order chi connectivity index (χ0) is 12.8. The van der Waals surface area contributed by atoms with E-state index in [-0.39, 0.29) is 6.04 Å². The Bertz CT molecular complexity index is 341. The van der Waals surface area contributed by atoms with Crippen LogP contribution in [0.15, 0.2) is 24.3 Å². The first-order valence-electron chi connectivity index (χ1n) is 6.17. The van der Waals surface area contributed by atoms with Gasteiger partial charge in [0.15, 0.2) is 0 Å². The summed E-state index contributed by atoms with van der Waals surface area (Å²) in [7, 11) is 3.81. The maximum absolute atomic E-state index is 6.07. The molecule has 1 aromatic rings. The summed E-state index contributed by atoms with van der Waals surface area (Å²) in [4.78, 5) is 2.27. The maximum atomic E-state index is 6.07. The summed E-state index contributed by atoms with van der Waals surface area (Å²) in [5.41, 5.74) is 7.27. The molecule has 0 spiro atoms. The molecule has 3 nitrogen and oxygen atoms in total. The van der Waals surface area contributed by atoms with Gasteiger partial charge in [0.1, 0.15) is 5.75 Å². The van der Waals surface area contributed by atoms with Gasteiger partial charge in [-0.2, -0.15) is 0 Å². The lowest BCUT2D eigenvalue weighted by molar-refractivity contribution is 0.213. The third kappa shape index (κ3) is 3.72. The Morgan fingerprint density at radius 2 is 2.00 bits per heavy atom. The van der Waals surface area contributed by atoms with Gasteiger partial charge in [0.2, 0.25) is 0 Å². The molecule has 0 aliphatic rings. The third-order valence-electron chi connectivity index (χ3n) is 3.40. The Kier molecular flexibility index (Phi) is 5.45. The topological polar surface area (TPSA) is 38.5 Å². The van der Waals surface area contributed by atoms with E-state index in [0.717, 1.165) is 18.7 Å². The van der Waals surface area contributed by atoms with Crippen molar-refractivity contribution in [2.24, 2.45) is 5.73 Å². The second kappa shape index (κ2) is 6.62. The zero-order valence-electron chi connectivity index (χ0n) is 11.3. The molecule has 2 unspecified atom stereocenters. The predicted octanol–water partition coefficient (Wildman–Crippen LogP) is 2.25. The third-order valence-corrected chi connectivity index (χ3v) is 3.40. The molecular weight excluding hydrogens is 212 g/mol. The van der Waals surface area contributed by atoms with Crippen LogP contribution in [-0.4, -0.2) is 31.1 Å². The lowest BCUT2D eigenvalue weighted by Crippen LogP contribution is -2.43. The quantitative estimate of drug-likeness (QED) is 0.823. The molecule has 0 heterocycles. The van der Waals surface area contributed by atoms with Gasteiger partial charge < -0.3 is 10.5 Å². The van der Waals surface area contributed by atoms with Crippen molar-refractivity contribution in [2.75, 3.05) is 14.2 Å². The highest BCUT2D eigenvalue weighted by Crippen LogP contribution is 2.20. The van der Waals surface area contributed by atoms with Crippen LogP contribution in [0.2, 0.25) is 0 Å². The molecule has 0 aliphatic carbocycles. The highest BCUT2D eigenvalue weighted by molar-refractivity contribution is 5.33. The maximum Gasteiger partial charge on any atom is 0.123 e. The molecule has 0 saturated carbocycles. The van der Waals surface area contributed by atoms with E-state index in [0.29, 0.717) is 6.04 Å². The van der Waals surface area contributed by atoms with Crippen molar-refractivity contribution in [3.8, 4) is 5.75 Å². The van der Waals surface area contributed by atoms with Crippen LogP contribution < -0.4 is 10.5 Å². The van der Waals surface area contributed by atoms with Gasteiger partial charge in [-0.15, -0.1) is 0 Å². The average Bonchev–Trinajstić information content (AvgIpc) is 2.37. The SMILES string of the molecule is CCC(N)C(C)N(C)Cc1ccccc1OC. The summed E-state index contributed by atoms with van der Waals surface area (Å²) < 4.78 is 5.35. The van der Waals surface area contributed by atoms with Crippen LogP contribution in [0.4, 0.5) is 0 Å². The summed E-state index contributed by atoms with van der Waals surface area (Å²) in [6, 6.07) is 8.70. The lowest BCUT2D eigenvalue weighted by atomic mass is 10.1. The van der Waals surface area contributed by atoms with Gasteiger partial charge in [-0.05, 0) is 26.5 Å². The molecule has 0 amide bonds. The van der Waals surface area contributed by atoms with Gasteiger partial charge in [0.05, 0.1) is 7.11 Å². The Balaban J connectivity index is 2.70. The molecule has 1 aromatic carbocycles. The van der Waals surface area contributed by atoms with Crippen molar-refractivity contribution < 1.29 is 4.74 Å². The van der Waals surface area contributed by atoms with Crippen LogP contribution >= 0.6 is 0 Å². The van der Waals surface area contributed by atoms with E-state index in [9.17, 15) is 0 Å². The van der Waals surface area contributed by atoms with Crippen molar-refractivity contribution in [1.82, 2.24) is 4.90 Å². The van der Waals surface area contributed by atoms with E-state index >= 15 is 0 Å². The molecule has 0 fully saturated rings. The number of benzene rings is 1. The normalized spacial score (nSPS) is 14.7. The fourth-order valence-corrected chi connectivity index (χ4v) is 1.91. The number of para-hydroxylation sites is 1. The molecule has 2 atom stereocenters. The van der Waals surface area contributed by atoms with E-state index in [4.69, 9.17) is 10.5 Å². The predicted molar refractivity (Wildman–Crippen MR) is 72.2 cm³/mol. The first kappa shape index (κ1) is 14.0. The van der Waals surface area contributed by atoms with Crippen molar-refractivity contribution in [3.63, 3.8) is 0 Å². The second-order valence-electron chi connectivity index (χ2n) is 4.54. The molecule has 2 N–H and O–H groups in total. The number of likely N-dealkylation sites (N-methyl/N-ethyl adjacent to an activating group) is 1. The van der Waals surface area contributed by atoms with Crippen LogP contribution in [0.3, 0.4) is 0 Å². The minimum Gasteiger partial charge on any atom is -0.496 e. The van der Waals surface area contributed by atoms with Crippen molar-refractivity contribution in [3.05, 3.63) is 29.8 Å². The van der Waals surface area contributed by atoms with Gasteiger partial charge in [-0.1, -0.05) is 25.1 Å². The van der Waals surface area contributed by atoms with Crippen molar-refractivity contribution >= 4 is 0 Å². The Labute approximate surface area is 105 Å². The fourth-order valence-electron chi connectivity index (χ4n) is 1.91. The molecule has 0 aromatic heterocycles. The monoisotopic (exact) mass is 236 g/mol. The fraction of sp³-hybridized carbons (Fsp3) is 0.571. The molecule has 0 saturated heterocycles. The molecule has 96 valence electrons.